The third-order valence-corrected chi connectivity index (χ3v) is 2.73. The molecule has 0 aliphatic carbocycles. The summed E-state index contributed by atoms with van der Waals surface area (Å²) in [5.74, 6) is 0.339. The number of phenols is 2. The smallest absolute Gasteiger partial charge is 0.336 e. The van der Waals surface area contributed by atoms with Crippen LogP contribution < -0.4 is 0 Å². The molecule has 0 bridgehead atoms. The Morgan fingerprint density at radius 1 is 1.26 bits per heavy atom. The Kier molecular flexibility index (Phi) is 5.00. The summed E-state index contributed by atoms with van der Waals surface area (Å²) in [5.41, 5.74) is -0.453. The lowest BCUT2D eigenvalue weighted by Crippen LogP contribution is -2.43. The minimum absolute atomic E-state index is 0.0340. The fourth-order valence-electron chi connectivity index (χ4n) is 1.54. The Morgan fingerprint density at radius 2 is 1.74 bits per heavy atom. The molecule has 2 rings (SSSR count). The summed E-state index contributed by atoms with van der Waals surface area (Å²) in [6.07, 6.45) is 1.46. The lowest BCUT2D eigenvalue weighted by atomic mass is 9.97. The Labute approximate surface area is 111 Å². The topological polar surface area (TPSA) is 96.0 Å². The molecule has 0 saturated heterocycles. The first kappa shape index (κ1) is 15.1. The van der Waals surface area contributed by atoms with Gasteiger partial charge in [0.05, 0.1) is 13.0 Å². The number of hydroxylamine groups is 1. The van der Waals surface area contributed by atoms with Gasteiger partial charge < -0.3 is 25.3 Å². The van der Waals surface area contributed by atoms with E-state index >= 15 is 0 Å². The van der Waals surface area contributed by atoms with E-state index in [9.17, 15) is 5.21 Å². The largest absolute Gasteiger partial charge is 0.621 e. The molecule has 1 aliphatic rings. The average Bonchev–Trinajstić information content (AvgIpc) is 2.37. The highest BCUT2D eigenvalue weighted by Gasteiger charge is 2.35. The van der Waals surface area contributed by atoms with Gasteiger partial charge in [0, 0.05) is 13.8 Å². The monoisotopic (exact) mass is 269 g/mol. The first-order chi connectivity index (χ1) is 8.85. The molecule has 0 amide bonds. The van der Waals surface area contributed by atoms with Gasteiger partial charge >= 0.3 is 6.40 Å². The molecule has 1 aromatic rings. The minimum atomic E-state index is -0.453. The molecule has 6 heteroatoms. The molecule has 19 heavy (non-hydrogen) atoms. The Hall–Kier alpha value is -1.95. The van der Waals surface area contributed by atoms with Crippen molar-refractivity contribution in [2.45, 2.75) is 31.9 Å². The number of aliphatic hydroxyl groups is 1. The van der Waals surface area contributed by atoms with E-state index < -0.39 is 5.54 Å². The molecule has 1 aromatic carbocycles. The number of benzene rings is 1. The number of phenolic OH excluding ortho intramolecular Hbond substituents is 2. The lowest BCUT2D eigenvalue weighted by Gasteiger charge is -2.30. The minimum Gasteiger partial charge on any atom is -0.621 e. The molecule has 6 nitrogen and oxygen atoms in total. The highest BCUT2D eigenvalue weighted by atomic mass is 16.6. The molecule has 0 spiro atoms. The van der Waals surface area contributed by atoms with Crippen LogP contribution >= 0.6 is 0 Å². The number of aliphatic hydroxyl groups excluding tert-OH is 1. The molecule has 1 heterocycles. The van der Waals surface area contributed by atoms with Crippen LogP contribution in [0.5, 0.6) is 11.5 Å². The molecule has 0 aromatic heterocycles. The van der Waals surface area contributed by atoms with Crippen LogP contribution in [-0.2, 0) is 4.74 Å². The van der Waals surface area contributed by atoms with Crippen molar-refractivity contribution in [3.63, 3.8) is 0 Å². The predicted molar refractivity (Wildman–Crippen MR) is 70.1 cm³/mol. The molecule has 1 aliphatic heterocycles. The molecule has 0 radical (unpaired) electrons. The maximum atomic E-state index is 11.0. The van der Waals surface area contributed by atoms with E-state index in [4.69, 9.17) is 20.1 Å². The van der Waals surface area contributed by atoms with E-state index in [-0.39, 0.29) is 24.2 Å². The van der Waals surface area contributed by atoms with E-state index in [1.165, 1.54) is 24.3 Å². The van der Waals surface area contributed by atoms with Crippen LogP contribution in [-0.4, -0.2) is 44.7 Å². The van der Waals surface area contributed by atoms with Crippen molar-refractivity contribution in [2.24, 2.45) is 0 Å². The van der Waals surface area contributed by atoms with Gasteiger partial charge in [-0.3, -0.25) is 0 Å². The number of ether oxygens (including phenoxy) is 1. The van der Waals surface area contributed by atoms with E-state index in [2.05, 4.69) is 0 Å². The van der Waals surface area contributed by atoms with Crippen molar-refractivity contribution >= 4 is 6.40 Å². The number of hydrogen-bond donors (Lipinski definition) is 3. The SMILES string of the molecule is CC1(C)CC(CO)OC=[N+]1[O-].Oc1ccc(O)cc1. The highest BCUT2D eigenvalue weighted by Crippen LogP contribution is 2.20. The zero-order valence-corrected chi connectivity index (χ0v) is 11.0. The van der Waals surface area contributed by atoms with Crippen molar-refractivity contribution in [3.8, 4) is 11.5 Å². The van der Waals surface area contributed by atoms with E-state index in [1.807, 2.05) is 13.8 Å². The van der Waals surface area contributed by atoms with Crippen LogP contribution in [0.3, 0.4) is 0 Å². The van der Waals surface area contributed by atoms with Crippen molar-refractivity contribution in [2.75, 3.05) is 6.61 Å². The molecule has 106 valence electrons. The van der Waals surface area contributed by atoms with Gasteiger partial charge in [-0.15, -0.1) is 0 Å². The second kappa shape index (κ2) is 6.29. The Bertz CT molecular complexity index is 406. The third-order valence-electron chi connectivity index (χ3n) is 2.73. The van der Waals surface area contributed by atoms with Crippen LogP contribution in [0.15, 0.2) is 24.3 Å². The van der Waals surface area contributed by atoms with E-state index in [0.717, 1.165) is 11.1 Å². The summed E-state index contributed by atoms with van der Waals surface area (Å²) in [6, 6.07) is 5.70. The first-order valence-electron chi connectivity index (χ1n) is 5.89. The van der Waals surface area contributed by atoms with E-state index in [0.29, 0.717) is 6.42 Å². The Balaban J connectivity index is 0.000000200. The molecule has 1 unspecified atom stereocenters. The summed E-state index contributed by atoms with van der Waals surface area (Å²) in [6.45, 7) is 3.61. The zero-order valence-electron chi connectivity index (χ0n) is 11.0. The number of rotatable bonds is 1. The normalized spacial score (nSPS) is 20.6. The molecule has 1 atom stereocenters. The summed E-state index contributed by atoms with van der Waals surface area (Å²) in [5, 5.41) is 37.1. The van der Waals surface area contributed by atoms with Gasteiger partial charge in [-0.05, 0) is 24.3 Å². The molecule has 0 saturated carbocycles. The number of hydrogen-bond acceptors (Lipinski definition) is 5. The van der Waals surface area contributed by atoms with Crippen LogP contribution in [0.2, 0.25) is 0 Å². The highest BCUT2D eigenvalue weighted by molar-refractivity contribution is 5.41. The van der Waals surface area contributed by atoms with Gasteiger partial charge in [-0.1, -0.05) is 0 Å². The van der Waals surface area contributed by atoms with Crippen LogP contribution in [0, 0.1) is 5.21 Å². The zero-order chi connectivity index (χ0) is 14.5. The van der Waals surface area contributed by atoms with Crippen LogP contribution in [0.1, 0.15) is 20.3 Å². The number of aromatic hydroxyl groups is 2. The summed E-state index contributed by atoms with van der Waals surface area (Å²) >= 11 is 0. The van der Waals surface area contributed by atoms with E-state index in [1.54, 1.807) is 0 Å². The van der Waals surface area contributed by atoms with Crippen molar-refractivity contribution < 1.29 is 24.8 Å². The van der Waals surface area contributed by atoms with Gasteiger partial charge in [0.1, 0.15) is 17.6 Å². The molecular weight excluding hydrogens is 250 g/mol. The average molecular weight is 269 g/mol. The molecular formula is C13H19NO5. The number of nitrogens with zero attached hydrogens (tertiary/aromatic N) is 1. The summed E-state index contributed by atoms with van der Waals surface area (Å²) < 4.78 is 5.69. The van der Waals surface area contributed by atoms with Crippen molar-refractivity contribution in [3.05, 3.63) is 29.5 Å². The summed E-state index contributed by atoms with van der Waals surface area (Å²) in [4.78, 5) is 0. The quantitative estimate of drug-likeness (QED) is 0.404. The van der Waals surface area contributed by atoms with Gasteiger partial charge in [-0.25, -0.2) is 0 Å². The second-order valence-corrected chi connectivity index (χ2v) is 4.90. The lowest BCUT2D eigenvalue weighted by molar-refractivity contribution is -0.556. The first-order valence-corrected chi connectivity index (χ1v) is 5.89. The molecule has 0 fully saturated rings. The fourth-order valence-corrected chi connectivity index (χ4v) is 1.54. The summed E-state index contributed by atoms with van der Waals surface area (Å²) in [7, 11) is 0. The van der Waals surface area contributed by atoms with Crippen LogP contribution in [0.25, 0.3) is 0 Å². The Morgan fingerprint density at radius 3 is 2.11 bits per heavy atom. The maximum Gasteiger partial charge on any atom is 0.336 e. The van der Waals surface area contributed by atoms with Crippen molar-refractivity contribution in [1.29, 1.82) is 0 Å². The standard InChI is InChI=1S/C7H13NO3.C6H6O2/c1-7(2)3-6(4-9)11-5-8(7)10;7-5-1-2-6(8)4-3-5/h5-6,9H,3-4H2,1-2H3;1-4,7-8H. The maximum absolute atomic E-state index is 11.0. The van der Waals surface area contributed by atoms with Gasteiger partial charge in [0.2, 0.25) is 0 Å². The second-order valence-electron chi connectivity index (χ2n) is 4.90. The third kappa shape index (κ3) is 4.67. The van der Waals surface area contributed by atoms with Gasteiger partial charge in [0.15, 0.2) is 5.54 Å². The van der Waals surface area contributed by atoms with Crippen LogP contribution in [0.4, 0.5) is 0 Å². The van der Waals surface area contributed by atoms with Crippen molar-refractivity contribution in [1.82, 2.24) is 0 Å². The fraction of sp³-hybridized carbons (Fsp3) is 0.462. The molecule has 3 N–H and O–H groups in total. The van der Waals surface area contributed by atoms with Gasteiger partial charge in [-0.2, -0.15) is 4.74 Å². The van der Waals surface area contributed by atoms with Gasteiger partial charge in [0.25, 0.3) is 0 Å². The predicted octanol–water partition coefficient (Wildman–Crippen LogP) is 1.18.